The lowest BCUT2D eigenvalue weighted by Gasteiger charge is -2.08. The van der Waals surface area contributed by atoms with Crippen LogP contribution in [0.3, 0.4) is 0 Å². The highest BCUT2D eigenvalue weighted by Crippen LogP contribution is 2.26. The fourth-order valence-corrected chi connectivity index (χ4v) is 1.89. The third-order valence-corrected chi connectivity index (χ3v) is 3.08. The van der Waals surface area contributed by atoms with Crippen LogP contribution in [0.15, 0.2) is 36.4 Å². The Morgan fingerprint density at radius 3 is 2.38 bits per heavy atom. The number of halogens is 1. The highest BCUT2D eigenvalue weighted by atomic mass is 19.1. The summed E-state index contributed by atoms with van der Waals surface area (Å²) in [7, 11) is 0. The molecule has 0 unspecified atom stereocenters. The van der Waals surface area contributed by atoms with E-state index in [0.29, 0.717) is 6.07 Å². The summed E-state index contributed by atoms with van der Waals surface area (Å²) >= 11 is 0. The Kier molecular flexibility index (Phi) is 4.68. The lowest BCUT2D eigenvalue weighted by molar-refractivity contribution is -0.385. The number of ether oxygens (including phenoxy) is 1. The summed E-state index contributed by atoms with van der Waals surface area (Å²) in [5, 5.41) is 21.6. The number of carbonyl (C=O) groups is 1. The summed E-state index contributed by atoms with van der Waals surface area (Å²) in [5.74, 6) is -2.10. The van der Waals surface area contributed by atoms with Crippen LogP contribution in [0.4, 0.5) is 15.8 Å². The van der Waals surface area contributed by atoms with Crippen molar-refractivity contribution >= 4 is 17.3 Å². The average Bonchev–Trinajstić information content (AvgIpc) is 2.53. The van der Waals surface area contributed by atoms with Crippen molar-refractivity contribution in [3.8, 4) is 5.75 Å². The highest BCUT2D eigenvalue weighted by molar-refractivity contribution is 5.93. The molecule has 10 heteroatoms. The Labute approximate surface area is 133 Å². The van der Waals surface area contributed by atoms with Crippen LogP contribution in [0.5, 0.6) is 5.75 Å². The number of nitro groups is 2. The van der Waals surface area contributed by atoms with E-state index in [1.165, 1.54) is 12.1 Å². The lowest BCUT2D eigenvalue weighted by Crippen LogP contribution is -2.12. The quantitative estimate of drug-likeness (QED) is 0.635. The number of rotatable bonds is 6. The average molecular weight is 335 g/mol. The van der Waals surface area contributed by atoms with Gasteiger partial charge in [0.1, 0.15) is 6.61 Å². The SMILES string of the molecule is NC(=O)c1ccc(COc2ccc([N+](=O)[O-])cc2F)c([N+](=O)[O-])c1. The largest absolute Gasteiger partial charge is 0.486 e. The fourth-order valence-electron chi connectivity index (χ4n) is 1.89. The van der Waals surface area contributed by atoms with Gasteiger partial charge in [0.2, 0.25) is 5.91 Å². The fraction of sp³-hybridized carbons (Fsp3) is 0.0714. The topological polar surface area (TPSA) is 139 Å². The molecular weight excluding hydrogens is 325 g/mol. The monoisotopic (exact) mass is 335 g/mol. The Balaban J connectivity index is 2.24. The van der Waals surface area contributed by atoms with Crippen molar-refractivity contribution in [1.82, 2.24) is 0 Å². The number of amides is 1. The summed E-state index contributed by atoms with van der Waals surface area (Å²) < 4.78 is 18.8. The molecule has 0 fully saturated rings. The maximum Gasteiger partial charge on any atom is 0.276 e. The molecule has 0 spiro atoms. The number of nitrogens with zero attached hydrogens (tertiary/aromatic N) is 2. The molecule has 0 aromatic heterocycles. The van der Waals surface area contributed by atoms with Crippen molar-refractivity contribution < 1.29 is 23.8 Å². The molecular formula is C14H10FN3O6. The zero-order valence-electron chi connectivity index (χ0n) is 12.0. The molecule has 9 nitrogen and oxygen atoms in total. The smallest absolute Gasteiger partial charge is 0.276 e. The zero-order valence-corrected chi connectivity index (χ0v) is 12.0. The Morgan fingerprint density at radius 2 is 1.83 bits per heavy atom. The second-order valence-corrected chi connectivity index (χ2v) is 4.63. The molecule has 24 heavy (non-hydrogen) atoms. The Bertz CT molecular complexity index is 839. The van der Waals surface area contributed by atoms with E-state index in [1.807, 2.05) is 0 Å². The number of hydrogen-bond acceptors (Lipinski definition) is 6. The lowest BCUT2D eigenvalue weighted by atomic mass is 10.1. The molecule has 0 atom stereocenters. The first-order chi connectivity index (χ1) is 11.3. The van der Waals surface area contributed by atoms with Crippen LogP contribution in [0, 0.1) is 26.0 Å². The van der Waals surface area contributed by atoms with E-state index >= 15 is 0 Å². The summed E-state index contributed by atoms with van der Waals surface area (Å²) in [6.07, 6.45) is 0. The summed E-state index contributed by atoms with van der Waals surface area (Å²) in [5.41, 5.74) is 4.24. The van der Waals surface area contributed by atoms with E-state index in [9.17, 15) is 29.4 Å². The molecule has 0 radical (unpaired) electrons. The van der Waals surface area contributed by atoms with E-state index < -0.39 is 32.9 Å². The van der Waals surface area contributed by atoms with Crippen LogP contribution in [-0.2, 0) is 6.61 Å². The molecule has 2 aromatic carbocycles. The van der Waals surface area contributed by atoms with Crippen molar-refractivity contribution in [3.05, 3.63) is 73.6 Å². The minimum absolute atomic E-state index is 0.0491. The van der Waals surface area contributed by atoms with Crippen molar-refractivity contribution in [3.63, 3.8) is 0 Å². The van der Waals surface area contributed by atoms with Crippen molar-refractivity contribution in [2.75, 3.05) is 0 Å². The van der Waals surface area contributed by atoms with Crippen molar-refractivity contribution in [1.29, 1.82) is 0 Å². The van der Waals surface area contributed by atoms with Gasteiger partial charge >= 0.3 is 0 Å². The van der Waals surface area contributed by atoms with Gasteiger partial charge in [0.25, 0.3) is 11.4 Å². The van der Waals surface area contributed by atoms with Crippen LogP contribution in [0.1, 0.15) is 15.9 Å². The number of nitrogens with two attached hydrogens (primary N) is 1. The van der Waals surface area contributed by atoms with E-state index in [0.717, 1.165) is 18.2 Å². The number of nitro benzene ring substituents is 2. The molecule has 0 bridgehead atoms. The molecule has 2 N–H and O–H groups in total. The summed E-state index contributed by atoms with van der Waals surface area (Å²) in [4.78, 5) is 31.2. The predicted molar refractivity (Wildman–Crippen MR) is 79.0 cm³/mol. The first-order valence-electron chi connectivity index (χ1n) is 6.43. The first-order valence-corrected chi connectivity index (χ1v) is 6.43. The van der Waals surface area contributed by atoms with Crippen molar-refractivity contribution in [2.24, 2.45) is 5.73 Å². The molecule has 0 aliphatic rings. The van der Waals surface area contributed by atoms with Crippen LogP contribution in [-0.4, -0.2) is 15.8 Å². The van der Waals surface area contributed by atoms with Gasteiger partial charge in [-0.2, -0.15) is 0 Å². The van der Waals surface area contributed by atoms with Gasteiger partial charge in [-0.15, -0.1) is 0 Å². The number of benzene rings is 2. The van der Waals surface area contributed by atoms with Gasteiger partial charge in [0.15, 0.2) is 11.6 Å². The van der Waals surface area contributed by atoms with Crippen LogP contribution >= 0.6 is 0 Å². The summed E-state index contributed by atoms with van der Waals surface area (Å²) in [6, 6.07) is 6.31. The van der Waals surface area contributed by atoms with Gasteiger partial charge in [-0.3, -0.25) is 25.0 Å². The molecule has 1 amide bonds. The zero-order chi connectivity index (χ0) is 17.9. The number of non-ortho nitro benzene ring substituents is 1. The van der Waals surface area contributed by atoms with E-state index in [-0.39, 0.29) is 23.5 Å². The Hall–Kier alpha value is -3.56. The van der Waals surface area contributed by atoms with Crippen LogP contribution in [0.25, 0.3) is 0 Å². The molecule has 2 rings (SSSR count). The summed E-state index contributed by atoms with van der Waals surface area (Å²) in [6.45, 7) is -0.371. The van der Waals surface area contributed by atoms with Crippen LogP contribution < -0.4 is 10.5 Å². The molecule has 2 aromatic rings. The second-order valence-electron chi connectivity index (χ2n) is 4.63. The highest BCUT2D eigenvalue weighted by Gasteiger charge is 2.18. The molecule has 0 saturated carbocycles. The Morgan fingerprint density at radius 1 is 1.12 bits per heavy atom. The minimum atomic E-state index is -0.972. The number of primary amides is 1. The van der Waals surface area contributed by atoms with Gasteiger partial charge < -0.3 is 10.5 Å². The molecule has 0 saturated heterocycles. The van der Waals surface area contributed by atoms with Gasteiger partial charge in [0.05, 0.1) is 21.5 Å². The third kappa shape index (κ3) is 3.61. The molecule has 0 aliphatic heterocycles. The maximum absolute atomic E-state index is 13.7. The second kappa shape index (κ2) is 6.69. The van der Waals surface area contributed by atoms with E-state index in [1.54, 1.807) is 0 Å². The van der Waals surface area contributed by atoms with E-state index in [4.69, 9.17) is 10.5 Å². The maximum atomic E-state index is 13.7. The third-order valence-electron chi connectivity index (χ3n) is 3.08. The standard InChI is InChI=1S/C14H10FN3O6/c15-11-6-10(17(20)21)3-4-13(11)24-7-9-2-1-8(14(16)19)5-12(9)18(22)23/h1-6H,7H2,(H2,16,19). The number of hydrogen-bond donors (Lipinski definition) is 1. The minimum Gasteiger partial charge on any atom is -0.486 e. The van der Waals surface area contributed by atoms with Crippen LogP contribution in [0.2, 0.25) is 0 Å². The van der Waals surface area contributed by atoms with Gasteiger partial charge in [-0.1, -0.05) is 0 Å². The number of carbonyl (C=O) groups excluding carboxylic acids is 1. The normalized spacial score (nSPS) is 10.2. The van der Waals surface area contributed by atoms with Gasteiger partial charge in [0, 0.05) is 17.7 Å². The molecule has 0 heterocycles. The van der Waals surface area contributed by atoms with Gasteiger partial charge in [-0.25, -0.2) is 4.39 Å². The molecule has 0 aliphatic carbocycles. The van der Waals surface area contributed by atoms with Crippen molar-refractivity contribution in [2.45, 2.75) is 6.61 Å². The molecule has 124 valence electrons. The van der Waals surface area contributed by atoms with E-state index in [2.05, 4.69) is 0 Å². The predicted octanol–water partition coefficient (Wildman–Crippen LogP) is 2.32. The van der Waals surface area contributed by atoms with Gasteiger partial charge in [-0.05, 0) is 18.2 Å². The first kappa shape index (κ1) is 16.8.